The van der Waals surface area contributed by atoms with Crippen molar-refractivity contribution in [1.29, 1.82) is 0 Å². The van der Waals surface area contributed by atoms with Crippen molar-refractivity contribution in [3.63, 3.8) is 0 Å². The number of hydrogen-bond acceptors (Lipinski definition) is 6. The molecule has 0 aliphatic carbocycles. The molecule has 6 nitrogen and oxygen atoms in total. The van der Waals surface area contributed by atoms with Gasteiger partial charge in [-0.3, -0.25) is 4.90 Å². The monoisotopic (exact) mass is 353 g/mol. The highest BCUT2D eigenvalue weighted by atomic mass is 19.1. The van der Waals surface area contributed by atoms with E-state index in [1.54, 1.807) is 6.07 Å². The fourth-order valence-corrected chi connectivity index (χ4v) is 4.21. The van der Waals surface area contributed by atoms with Crippen molar-refractivity contribution >= 4 is 16.9 Å². The third-order valence-corrected chi connectivity index (χ3v) is 5.44. The number of rotatable bonds is 3. The highest BCUT2D eigenvalue weighted by Gasteiger charge is 2.45. The molecule has 1 aromatic carbocycles. The fraction of sp³-hybridized carbons (Fsp3) is 0.421. The molecule has 7 heteroatoms. The lowest BCUT2D eigenvalue weighted by atomic mass is 9.87. The molecule has 6 rings (SSSR count). The van der Waals surface area contributed by atoms with E-state index in [2.05, 4.69) is 24.9 Å². The number of piperazine rings is 1. The minimum absolute atomic E-state index is 0.260. The first-order valence-electron chi connectivity index (χ1n) is 8.93. The van der Waals surface area contributed by atoms with Crippen LogP contribution in [0.3, 0.4) is 0 Å². The Hall–Kier alpha value is -2.54. The van der Waals surface area contributed by atoms with E-state index >= 15 is 0 Å². The van der Waals surface area contributed by atoms with Crippen LogP contribution in [0.25, 0.3) is 11.0 Å². The second-order valence-corrected chi connectivity index (χ2v) is 7.34. The molecule has 0 radical (unpaired) electrons. The third kappa shape index (κ3) is 2.54. The van der Waals surface area contributed by atoms with Crippen LogP contribution in [0.15, 0.2) is 28.8 Å². The van der Waals surface area contributed by atoms with Gasteiger partial charge in [0.05, 0.1) is 0 Å². The molecular formula is C19H20FN5O. The normalized spacial score (nSPS) is 22.7. The van der Waals surface area contributed by atoms with Crippen molar-refractivity contribution in [1.82, 2.24) is 20.0 Å². The van der Waals surface area contributed by atoms with E-state index < -0.39 is 0 Å². The molecule has 2 bridgehead atoms. The number of piperidine rings is 1. The van der Waals surface area contributed by atoms with Gasteiger partial charge in [-0.15, -0.1) is 0 Å². The Morgan fingerprint density at radius 3 is 2.58 bits per heavy atom. The van der Waals surface area contributed by atoms with Gasteiger partial charge in [-0.05, 0) is 44.5 Å². The van der Waals surface area contributed by atoms with Crippen molar-refractivity contribution in [3.8, 4) is 0 Å². The number of halogens is 1. The SMILES string of the molecule is Cc1cc(C)nc(N2CC3CC(C2)N3Cc2noc3ccc(F)cc23)n1. The zero-order chi connectivity index (χ0) is 17.8. The topological polar surface area (TPSA) is 58.3 Å². The molecule has 3 aliphatic heterocycles. The summed E-state index contributed by atoms with van der Waals surface area (Å²) in [5.74, 6) is 0.565. The highest BCUT2D eigenvalue weighted by molar-refractivity contribution is 5.79. The van der Waals surface area contributed by atoms with Gasteiger partial charge in [0.2, 0.25) is 5.95 Å². The zero-order valence-electron chi connectivity index (χ0n) is 14.8. The maximum absolute atomic E-state index is 13.6. The van der Waals surface area contributed by atoms with E-state index in [0.29, 0.717) is 24.2 Å². The number of anilines is 1. The van der Waals surface area contributed by atoms with Gasteiger partial charge in [-0.25, -0.2) is 14.4 Å². The molecule has 2 aromatic heterocycles. The van der Waals surface area contributed by atoms with E-state index in [9.17, 15) is 4.39 Å². The van der Waals surface area contributed by atoms with Gasteiger partial charge in [0.15, 0.2) is 5.58 Å². The molecule has 0 spiro atoms. The molecule has 0 N–H and O–H groups in total. The van der Waals surface area contributed by atoms with Crippen LogP contribution in [0.1, 0.15) is 23.5 Å². The van der Waals surface area contributed by atoms with Crippen LogP contribution in [0, 0.1) is 19.7 Å². The number of nitrogens with zero attached hydrogens (tertiary/aromatic N) is 5. The quantitative estimate of drug-likeness (QED) is 0.722. The molecule has 3 aliphatic rings. The van der Waals surface area contributed by atoms with E-state index in [1.165, 1.54) is 18.6 Å². The molecule has 3 aromatic rings. The van der Waals surface area contributed by atoms with Crippen LogP contribution in [0.2, 0.25) is 0 Å². The van der Waals surface area contributed by atoms with Crippen LogP contribution in [-0.4, -0.2) is 45.2 Å². The predicted octanol–water partition coefficient (Wildman–Crippen LogP) is 2.84. The van der Waals surface area contributed by atoms with Crippen molar-refractivity contribution in [2.75, 3.05) is 18.0 Å². The van der Waals surface area contributed by atoms with Gasteiger partial charge in [0, 0.05) is 48.5 Å². The second-order valence-electron chi connectivity index (χ2n) is 7.34. The van der Waals surface area contributed by atoms with E-state index in [4.69, 9.17) is 4.52 Å². The summed E-state index contributed by atoms with van der Waals surface area (Å²) in [6, 6.07) is 7.42. The Morgan fingerprint density at radius 2 is 1.85 bits per heavy atom. The molecule has 2 atom stereocenters. The lowest BCUT2D eigenvalue weighted by molar-refractivity contribution is -0.0103. The molecule has 2 unspecified atom stereocenters. The highest BCUT2D eigenvalue weighted by Crippen LogP contribution is 2.36. The smallest absolute Gasteiger partial charge is 0.225 e. The lowest BCUT2D eigenvalue weighted by Crippen LogP contribution is -2.68. The van der Waals surface area contributed by atoms with E-state index in [0.717, 1.165) is 41.5 Å². The molecule has 3 saturated heterocycles. The number of aryl methyl sites for hydroxylation is 2. The summed E-state index contributed by atoms with van der Waals surface area (Å²) in [7, 11) is 0. The maximum atomic E-state index is 13.6. The third-order valence-electron chi connectivity index (χ3n) is 5.44. The van der Waals surface area contributed by atoms with Crippen molar-refractivity contribution < 1.29 is 8.91 Å². The zero-order valence-corrected chi connectivity index (χ0v) is 14.8. The first kappa shape index (κ1) is 15.7. The summed E-state index contributed by atoms with van der Waals surface area (Å²) in [6.07, 6.45) is 1.17. The average molecular weight is 353 g/mol. The van der Waals surface area contributed by atoms with Crippen LogP contribution in [-0.2, 0) is 6.54 Å². The Kier molecular flexibility index (Phi) is 3.46. The molecular weight excluding hydrogens is 333 g/mol. The average Bonchev–Trinajstić information content (AvgIpc) is 3.01. The Morgan fingerprint density at radius 1 is 1.12 bits per heavy atom. The van der Waals surface area contributed by atoms with Crippen LogP contribution in [0.5, 0.6) is 0 Å². The van der Waals surface area contributed by atoms with Crippen molar-refractivity contribution in [2.24, 2.45) is 0 Å². The molecule has 26 heavy (non-hydrogen) atoms. The fourth-order valence-electron chi connectivity index (χ4n) is 4.21. The van der Waals surface area contributed by atoms with Crippen molar-refractivity contribution in [2.45, 2.75) is 38.9 Å². The number of benzene rings is 1. The van der Waals surface area contributed by atoms with Crippen LogP contribution < -0.4 is 4.90 Å². The second kappa shape index (κ2) is 5.74. The minimum atomic E-state index is -0.260. The van der Waals surface area contributed by atoms with E-state index in [1.807, 2.05) is 19.9 Å². The maximum Gasteiger partial charge on any atom is 0.225 e. The van der Waals surface area contributed by atoms with Gasteiger partial charge in [-0.2, -0.15) is 0 Å². The van der Waals surface area contributed by atoms with Crippen LogP contribution in [0.4, 0.5) is 10.3 Å². The Balaban J connectivity index is 1.34. The number of aromatic nitrogens is 3. The first-order chi connectivity index (χ1) is 12.6. The molecule has 3 fully saturated rings. The summed E-state index contributed by atoms with van der Waals surface area (Å²) in [6.45, 7) is 6.51. The summed E-state index contributed by atoms with van der Waals surface area (Å²) in [5, 5.41) is 4.93. The first-order valence-corrected chi connectivity index (χ1v) is 8.93. The number of hydrogen-bond donors (Lipinski definition) is 0. The van der Waals surface area contributed by atoms with Gasteiger partial charge < -0.3 is 9.42 Å². The van der Waals surface area contributed by atoms with Gasteiger partial charge in [0.25, 0.3) is 0 Å². The van der Waals surface area contributed by atoms with Gasteiger partial charge >= 0.3 is 0 Å². The van der Waals surface area contributed by atoms with Gasteiger partial charge in [0.1, 0.15) is 11.5 Å². The Labute approximate surface area is 150 Å². The molecule has 0 amide bonds. The minimum Gasteiger partial charge on any atom is -0.356 e. The molecule has 134 valence electrons. The van der Waals surface area contributed by atoms with Crippen LogP contribution >= 0.6 is 0 Å². The summed E-state index contributed by atoms with van der Waals surface area (Å²) < 4.78 is 18.9. The largest absolute Gasteiger partial charge is 0.356 e. The predicted molar refractivity (Wildman–Crippen MR) is 95.4 cm³/mol. The van der Waals surface area contributed by atoms with E-state index in [-0.39, 0.29) is 5.82 Å². The van der Waals surface area contributed by atoms with Crippen molar-refractivity contribution in [3.05, 3.63) is 47.2 Å². The molecule has 0 saturated carbocycles. The van der Waals surface area contributed by atoms with Gasteiger partial charge in [-0.1, -0.05) is 5.16 Å². The summed E-state index contributed by atoms with van der Waals surface area (Å²) >= 11 is 0. The number of fused-ring (bicyclic) bond motifs is 3. The lowest BCUT2D eigenvalue weighted by Gasteiger charge is -2.56. The molecule has 5 heterocycles. The summed E-state index contributed by atoms with van der Waals surface area (Å²) in [5.41, 5.74) is 3.45. The summed E-state index contributed by atoms with van der Waals surface area (Å²) in [4.78, 5) is 13.9. The standard InChI is InChI=1S/C19H20FN5O/c1-11-5-12(2)22-19(21-11)24-8-14-7-15(9-24)25(14)10-17-16-6-13(20)3-4-18(16)26-23-17/h3-6,14-15H,7-10H2,1-2H3. The Bertz CT molecular complexity index is 955.